The standard InChI is InChI=1S/C29H48O2/c1-19(2)8-7-9-20(3)25-12-13-26-24-11-10-22-18-23(31-21(4)30)14-16-28(22,5)27(24)15-17-29(25,26)6/h10,19-20,23-27H,7-9,11-18H2,1-6H3/t20-,23-,24+,25+,26-,27+,28-,29+/m0/s1. The summed E-state index contributed by atoms with van der Waals surface area (Å²) in [5, 5.41) is 0. The number of allylic oxidation sites excluding steroid dienone is 1. The maximum Gasteiger partial charge on any atom is 0.302 e. The third-order valence-electron chi connectivity index (χ3n) is 10.6. The molecule has 0 aliphatic heterocycles. The number of esters is 1. The van der Waals surface area contributed by atoms with E-state index in [0.29, 0.717) is 10.8 Å². The van der Waals surface area contributed by atoms with Gasteiger partial charge in [0.2, 0.25) is 0 Å². The fourth-order valence-corrected chi connectivity index (χ4v) is 8.99. The van der Waals surface area contributed by atoms with Crippen LogP contribution < -0.4 is 0 Å². The molecule has 8 atom stereocenters. The van der Waals surface area contributed by atoms with Crippen LogP contribution >= 0.6 is 0 Å². The molecule has 31 heavy (non-hydrogen) atoms. The predicted octanol–water partition coefficient (Wildman–Crippen LogP) is 7.96. The second kappa shape index (κ2) is 8.86. The summed E-state index contributed by atoms with van der Waals surface area (Å²) in [5.74, 6) is 5.19. The first-order valence-corrected chi connectivity index (χ1v) is 13.5. The van der Waals surface area contributed by atoms with E-state index in [-0.39, 0.29) is 12.1 Å². The van der Waals surface area contributed by atoms with Gasteiger partial charge < -0.3 is 4.74 Å². The van der Waals surface area contributed by atoms with Crippen molar-refractivity contribution in [2.75, 3.05) is 0 Å². The van der Waals surface area contributed by atoms with Crippen LogP contribution in [0.3, 0.4) is 0 Å². The molecule has 0 radical (unpaired) electrons. The van der Waals surface area contributed by atoms with Gasteiger partial charge >= 0.3 is 5.97 Å². The van der Waals surface area contributed by atoms with Gasteiger partial charge in [-0.1, -0.05) is 65.5 Å². The van der Waals surface area contributed by atoms with Gasteiger partial charge in [-0.05, 0) is 91.3 Å². The summed E-state index contributed by atoms with van der Waals surface area (Å²) in [4.78, 5) is 11.5. The number of rotatable bonds is 6. The van der Waals surface area contributed by atoms with Gasteiger partial charge in [0.25, 0.3) is 0 Å². The molecule has 0 aromatic rings. The molecule has 2 nitrogen and oxygen atoms in total. The third kappa shape index (κ3) is 4.26. The average molecular weight is 429 g/mol. The summed E-state index contributed by atoms with van der Waals surface area (Å²) in [7, 11) is 0. The minimum atomic E-state index is -0.115. The first kappa shape index (κ1) is 23.4. The highest BCUT2D eigenvalue weighted by Crippen LogP contribution is 2.67. The molecule has 0 spiro atoms. The average Bonchev–Trinajstić information content (AvgIpc) is 3.05. The van der Waals surface area contributed by atoms with Crippen molar-refractivity contribution >= 4 is 5.97 Å². The first-order valence-electron chi connectivity index (χ1n) is 13.5. The zero-order valence-electron chi connectivity index (χ0n) is 21.2. The van der Waals surface area contributed by atoms with Crippen molar-refractivity contribution in [1.82, 2.24) is 0 Å². The van der Waals surface area contributed by atoms with E-state index >= 15 is 0 Å². The number of carbonyl (C=O) groups is 1. The number of hydrogen-bond donors (Lipinski definition) is 0. The van der Waals surface area contributed by atoms with E-state index in [1.165, 1.54) is 57.8 Å². The lowest BCUT2D eigenvalue weighted by Gasteiger charge is -2.58. The van der Waals surface area contributed by atoms with Gasteiger partial charge in [0, 0.05) is 13.3 Å². The summed E-state index contributed by atoms with van der Waals surface area (Å²) >= 11 is 0. The molecule has 0 amide bonds. The lowest BCUT2D eigenvalue weighted by Crippen LogP contribution is -2.51. The van der Waals surface area contributed by atoms with Crippen LogP contribution in [0.15, 0.2) is 11.6 Å². The summed E-state index contributed by atoms with van der Waals surface area (Å²) in [5.41, 5.74) is 2.53. The van der Waals surface area contributed by atoms with Crippen molar-refractivity contribution in [1.29, 1.82) is 0 Å². The molecule has 3 fully saturated rings. The molecule has 176 valence electrons. The lowest BCUT2D eigenvalue weighted by atomic mass is 9.47. The quantitative estimate of drug-likeness (QED) is 0.317. The SMILES string of the molecule is CC(=O)O[C@H]1CC[C@@]2(C)C(=CC[C@H]3[C@H]2CC[C@]2(C)[C@@H]([C@@H](C)CCCC(C)C)CC[C@@H]32)C1. The van der Waals surface area contributed by atoms with E-state index < -0.39 is 0 Å². The van der Waals surface area contributed by atoms with Gasteiger partial charge in [0.05, 0.1) is 0 Å². The number of fused-ring (bicyclic) bond motifs is 5. The maximum absolute atomic E-state index is 11.5. The fourth-order valence-electron chi connectivity index (χ4n) is 8.99. The molecule has 0 unspecified atom stereocenters. The molecule has 2 heteroatoms. The Morgan fingerprint density at radius 3 is 2.55 bits per heavy atom. The number of carbonyl (C=O) groups excluding carboxylic acids is 1. The van der Waals surface area contributed by atoms with Crippen LogP contribution in [0.4, 0.5) is 0 Å². The Morgan fingerprint density at radius 1 is 1.06 bits per heavy atom. The van der Waals surface area contributed by atoms with Gasteiger partial charge in [-0.2, -0.15) is 0 Å². The van der Waals surface area contributed by atoms with E-state index in [4.69, 9.17) is 4.74 Å². The van der Waals surface area contributed by atoms with Crippen molar-refractivity contribution in [3.05, 3.63) is 11.6 Å². The van der Waals surface area contributed by atoms with Crippen molar-refractivity contribution < 1.29 is 9.53 Å². The van der Waals surface area contributed by atoms with Crippen LogP contribution in [0.25, 0.3) is 0 Å². The Hall–Kier alpha value is -0.790. The smallest absolute Gasteiger partial charge is 0.302 e. The molecule has 0 bridgehead atoms. The zero-order chi connectivity index (χ0) is 22.4. The molecule has 4 aliphatic carbocycles. The molecular weight excluding hydrogens is 380 g/mol. The molecule has 0 aromatic carbocycles. The molecule has 0 N–H and O–H groups in total. The largest absolute Gasteiger partial charge is 0.462 e. The van der Waals surface area contributed by atoms with Crippen molar-refractivity contribution in [2.24, 2.45) is 46.3 Å². The van der Waals surface area contributed by atoms with E-state index in [9.17, 15) is 4.79 Å². The van der Waals surface area contributed by atoms with E-state index in [1.54, 1.807) is 12.5 Å². The van der Waals surface area contributed by atoms with Gasteiger partial charge in [0.1, 0.15) is 6.10 Å². The van der Waals surface area contributed by atoms with Crippen LogP contribution in [0.2, 0.25) is 0 Å². The summed E-state index contributed by atoms with van der Waals surface area (Å²) in [6.45, 7) is 14.1. The van der Waals surface area contributed by atoms with Crippen LogP contribution in [-0.4, -0.2) is 12.1 Å². The Kier molecular flexibility index (Phi) is 6.68. The van der Waals surface area contributed by atoms with Crippen molar-refractivity contribution in [2.45, 2.75) is 118 Å². The van der Waals surface area contributed by atoms with Crippen LogP contribution in [0.1, 0.15) is 112 Å². The summed E-state index contributed by atoms with van der Waals surface area (Å²) < 4.78 is 5.61. The fraction of sp³-hybridized carbons (Fsp3) is 0.897. The molecule has 3 saturated carbocycles. The van der Waals surface area contributed by atoms with Crippen molar-refractivity contribution in [3.63, 3.8) is 0 Å². The summed E-state index contributed by atoms with van der Waals surface area (Å²) in [6.07, 6.45) is 17.2. The van der Waals surface area contributed by atoms with Gasteiger partial charge in [-0.3, -0.25) is 4.79 Å². The molecule has 0 aromatic heterocycles. The lowest BCUT2D eigenvalue weighted by molar-refractivity contribution is -0.148. The molecule has 4 rings (SSSR count). The monoisotopic (exact) mass is 428 g/mol. The third-order valence-corrected chi connectivity index (χ3v) is 10.6. The van der Waals surface area contributed by atoms with E-state index in [0.717, 1.165) is 48.3 Å². The van der Waals surface area contributed by atoms with Crippen LogP contribution in [0, 0.1) is 46.3 Å². The van der Waals surface area contributed by atoms with Gasteiger partial charge in [-0.15, -0.1) is 0 Å². The highest BCUT2D eigenvalue weighted by atomic mass is 16.5. The normalized spacial score (nSPS) is 42.9. The topological polar surface area (TPSA) is 26.3 Å². The predicted molar refractivity (Wildman–Crippen MR) is 129 cm³/mol. The minimum absolute atomic E-state index is 0.115. The molecular formula is C29H48O2. The molecule has 0 saturated heterocycles. The maximum atomic E-state index is 11.5. The zero-order valence-corrected chi connectivity index (χ0v) is 21.2. The first-order chi connectivity index (χ1) is 14.6. The van der Waals surface area contributed by atoms with Crippen molar-refractivity contribution in [3.8, 4) is 0 Å². The highest BCUT2D eigenvalue weighted by molar-refractivity contribution is 5.66. The van der Waals surface area contributed by atoms with E-state index in [1.807, 2.05) is 0 Å². The minimum Gasteiger partial charge on any atom is -0.462 e. The van der Waals surface area contributed by atoms with Gasteiger partial charge in [0.15, 0.2) is 0 Å². The van der Waals surface area contributed by atoms with Crippen LogP contribution in [0.5, 0.6) is 0 Å². The molecule has 0 heterocycles. The Bertz CT molecular complexity index is 693. The number of ether oxygens (including phenoxy) is 1. The Labute approximate surface area is 192 Å². The summed E-state index contributed by atoms with van der Waals surface area (Å²) in [6, 6.07) is 0. The Morgan fingerprint density at radius 2 is 1.84 bits per heavy atom. The second-order valence-electron chi connectivity index (χ2n) is 12.8. The Balaban J connectivity index is 1.47. The highest BCUT2D eigenvalue weighted by Gasteiger charge is 2.59. The number of hydrogen-bond acceptors (Lipinski definition) is 2. The van der Waals surface area contributed by atoms with E-state index in [2.05, 4.69) is 40.7 Å². The second-order valence-corrected chi connectivity index (χ2v) is 12.8. The van der Waals surface area contributed by atoms with Gasteiger partial charge in [-0.25, -0.2) is 0 Å². The van der Waals surface area contributed by atoms with Crippen LogP contribution in [-0.2, 0) is 9.53 Å². The molecule has 4 aliphatic rings.